The van der Waals surface area contributed by atoms with Crippen LogP contribution in [0.3, 0.4) is 0 Å². The van der Waals surface area contributed by atoms with Gasteiger partial charge >= 0.3 is 0 Å². The second-order valence-corrected chi connectivity index (χ2v) is 4.68. The number of hydrogen-bond acceptors (Lipinski definition) is 4. The molecule has 0 fully saturated rings. The molecule has 0 bridgehead atoms. The Labute approximate surface area is 111 Å². The molecule has 1 aromatic carbocycles. The molecule has 0 aliphatic carbocycles. The summed E-state index contributed by atoms with van der Waals surface area (Å²) in [5, 5.41) is 15.0. The maximum absolute atomic E-state index is 5.62. The van der Waals surface area contributed by atoms with E-state index in [0.29, 0.717) is 17.5 Å². The van der Waals surface area contributed by atoms with Crippen LogP contribution in [-0.2, 0) is 0 Å². The number of H-pyrrole nitrogens is 1. The second-order valence-electron chi connectivity index (χ2n) is 3.83. The van der Waals surface area contributed by atoms with Crippen LogP contribution in [0.15, 0.2) is 39.2 Å². The molecule has 0 saturated carbocycles. The van der Waals surface area contributed by atoms with E-state index in [9.17, 15) is 0 Å². The van der Waals surface area contributed by atoms with Crippen molar-refractivity contribution in [3.05, 3.63) is 40.5 Å². The SMILES string of the molecule is Cc1cc(-c2nnc(-c3ccccc3Br)o2)n[nH]1. The van der Waals surface area contributed by atoms with Crippen molar-refractivity contribution >= 4 is 15.9 Å². The van der Waals surface area contributed by atoms with E-state index in [1.807, 2.05) is 37.3 Å². The predicted octanol–water partition coefficient (Wildman–Crippen LogP) is 3.20. The van der Waals surface area contributed by atoms with E-state index >= 15 is 0 Å². The first kappa shape index (κ1) is 11.2. The molecule has 0 unspecified atom stereocenters. The van der Waals surface area contributed by atoms with E-state index < -0.39 is 0 Å². The van der Waals surface area contributed by atoms with Gasteiger partial charge in [-0.15, -0.1) is 10.2 Å². The number of nitrogens with one attached hydrogen (secondary N) is 1. The van der Waals surface area contributed by atoms with Crippen LogP contribution in [0.25, 0.3) is 23.0 Å². The van der Waals surface area contributed by atoms with Gasteiger partial charge < -0.3 is 4.42 Å². The van der Waals surface area contributed by atoms with Gasteiger partial charge in [0, 0.05) is 10.2 Å². The maximum Gasteiger partial charge on any atom is 0.268 e. The van der Waals surface area contributed by atoms with E-state index in [1.165, 1.54) is 0 Å². The molecule has 0 amide bonds. The van der Waals surface area contributed by atoms with Crippen molar-refractivity contribution in [3.8, 4) is 23.0 Å². The zero-order valence-corrected chi connectivity index (χ0v) is 11.1. The first-order valence-corrected chi connectivity index (χ1v) is 6.14. The van der Waals surface area contributed by atoms with E-state index in [1.54, 1.807) is 0 Å². The summed E-state index contributed by atoms with van der Waals surface area (Å²) in [6.45, 7) is 1.92. The molecule has 6 heteroatoms. The zero-order chi connectivity index (χ0) is 12.5. The van der Waals surface area contributed by atoms with Crippen LogP contribution in [-0.4, -0.2) is 20.4 Å². The number of benzene rings is 1. The summed E-state index contributed by atoms with van der Waals surface area (Å²) in [4.78, 5) is 0. The van der Waals surface area contributed by atoms with Crippen LogP contribution < -0.4 is 0 Å². The van der Waals surface area contributed by atoms with Crippen molar-refractivity contribution in [3.63, 3.8) is 0 Å². The maximum atomic E-state index is 5.62. The van der Waals surface area contributed by atoms with Crippen LogP contribution in [0.2, 0.25) is 0 Å². The minimum absolute atomic E-state index is 0.408. The van der Waals surface area contributed by atoms with Crippen molar-refractivity contribution in [1.82, 2.24) is 20.4 Å². The van der Waals surface area contributed by atoms with E-state index in [2.05, 4.69) is 36.3 Å². The van der Waals surface area contributed by atoms with Gasteiger partial charge in [0.2, 0.25) is 5.89 Å². The summed E-state index contributed by atoms with van der Waals surface area (Å²) in [6.07, 6.45) is 0. The highest BCUT2D eigenvalue weighted by atomic mass is 79.9. The zero-order valence-electron chi connectivity index (χ0n) is 9.51. The van der Waals surface area contributed by atoms with Gasteiger partial charge in [0.15, 0.2) is 0 Å². The Morgan fingerprint density at radius 2 is 1.94 bits per heavy atom. The summed E-state index contributed by atoms with van der Waals surface area (Å²) in [5.74, 6) is 0.878. The Kier molecular flexibility index (Phi) is 2.71. The van der Waals surface area contributed by atoms with Gasteiger partial charge in [-0.05, 0) is 41.1 Å². The smallest absolute Gasteiger partial charge is 0.268 e. The monoisotopic (exact) mass is 304 g/mol. The molecule has 18 heavy (non-hydrogen) atoms. The number of aromatic nitrogens is 4. The number of nitrogens with zero attached hydrogens (tertiary/aromatic N) is 3. The highest BCUT2D eigenvalue weighted by Gasteiger charge is 2.14. The van der Waals surface area contributed by atoms with Crippen LogP contribution in [0.1, 0.15) is 5.69 Å². The lowest BCUT2D eigenvalue weighted by Crippen LogP contribution is -1.78. The molecular formula is C12H9BrN4O. The molecule has 2 aromatic heterocycles. The first-order chi connectivity index (χ1) is 8.74. The fraction of sp³-hybridized carbons (Fsp3) is 0.0833. The number of halogens is 1. The average Bonchev–Trinajstić information content (AvgIpc) is 2.98. The number of rotatable bonds is 2. The van der Waals surface area contributed by atoms with Gasteiger partial charge in [0.05, 0.1) is 5.56 Å². The average molecular weight is 305 g/mol. The molecule has 2 heterocycles. The highest BCUT2D eigenvalue weighted by molar-refractivity contribution is 9.10. The largest absolute Gasteiger partial charge is 0.414 e. The third-order valence-corrected chi connectivity index (χ3v) is 3.15. The molecular weight excluding hydrogens is 296 g/mol. The Morgan fingerprint density at radius 1 is 1.17 bits per heavy atom. The number of aryl methyl sites for hydroxylation is 1. The fourth-order valence-corrected chi connectivity index (χ4v) is 2.05. The lowest BCUT2D eigenvalue weighted by molar-refractivity contribution is 0.581. The molecule has 3 rings (SSSR count). The van der Waals surface area contributed by atoms with E-state index in [4.69, 9.17) is 4.42 Å². The third-order valence-electron chi connectivity index (χ3n) is 2.45. The van der Waals surface area contributed by atoms with Gasteiger partial charge in [-0.25, -0.2) is 0 Å². The summed E-state index contributed by atoms with van der Waals surface area (Å²) in [5.41, 5.74) is 2.47. The van der Waals surface area contributed by atoms with Gasteiger partial charge in [-0.1, -0.05) is 12.1 Å². The molecule has 3 aromatic rings. The highest BCUT2D eigenvalue weighted by Crippen LogP contribution is 2.28. The Balaban J connectivity index is 2.02. The number of hydrogen-bond donors (Lipinski definition) is 1. The molecule has 5 nitrogen and oxygen atoms in total. The van der Waals surface area contributed by atoms with Crippen LogP contribution >= 0.6 is 15.9 Å². The van der Waals surface area contributed by atoms with E-state index in [0.717, 1.165) is 15.7 Å². The Bertz CT molecular complexity index is 689. The molecule has 0 aliphatic rings. The van der Waals surface area contributed by atoms with Crippen molar-refractivity contribution in [2.75, 3.05) is 0 Å². The molecule has 0 radical (unpaired) electrons. The summed E-state index contributed by atoms with van der Waals surface area (Å²) < 4.78 is 6.53. The molecule has 0 spiro atoms. The minimum Gasteiger partial charge on any atom is -0.414 e. The van der Waals surface area contributed by atoms with Gasteiger partial charge in [0.1, 0.15) is 5.69 Å². The van der Waals surface area contributed by atoms with Gasteiger partial charge in [0.25, 0.3) is 5.89 Å². The summed E-state index contributed by atoms with van der Waals surface area (Å²) >= 11 is 3.45. The first-order valence-electron chi connectivity index (χ1n) is 5.35. The van der Waals surface area contributed by atoms with Crippen LogP contribution in [0.4, 0.5) is 0 Å². The quantitative estimate of drug-likeness (QED) is 0.789. The van der Waals surface area contributed by atoms with Crippen LogP contribution in [0.5, 0.6) is 0 Å². The molecule has 1 N–H and O–H groups in total. The molecule has 0 saturated heterocycles. The lowest BCUT2D eigenvalue weighted by atomic mass is 10.2. The lowest BCUT2D eigenvalue weighted by Gasteiger charge is -1.96. The minimum atomic E-state index is 0.408. The summed E-state index contributed by atoms with van der Waals surface area (Å²) in [6, 6.07) is 9.55. The predicted molar refractivity (Wildman–Crippen MR) is 69.8 cm³/mol. The molecule has 90 valence electrons. The Hall–Kier alpha value is -1.95. The van der Waals surface area contributed by atoms with Crippen molar-refractivity contribution < 1.29 is 4.42 Å². The van der Waals surface area contributed by atoms with E-state index in [-0.39, 0.29) is 0 Å². The Morgan fingerprint density at radius 3 is 2.67 bits per heavy atom. The normalized spacial score (nSPS) is 10.8. The number of aromatic amines is 1. The van der Waals surface area contributed by atoms with Crippen molar-refractivity contribution in [2.45, 2.75) is 6.92 Å². The van der Waals surface area contributed by atoms with Crippen molar-refractivity contribution in [2.24, 2.45) is 0 Å². The molecule has 0 aliphatic heterocycles. The standard InChI is InChI=1S/C12H9BrN4O/c1-7-6-10(15-14-7)12-17-16-11(18-12)8-4-2-3-5-9(8)13/h2-6H,1H3,(H,14,15). The van der Waals surface area contributed by atoms with Crippen LogP contribution in [0, 0.1) is 6.92 Å². The molecule has 0 atom stereocenters. The topological polar surface area (TPSA) is 67.6 Å². The van der Waals surface area contributed by atoms with Gasteiger partial charge in [-0.2, -0.15) is 5.10 Å². The summed E-state index contributed by atoms with van der Waals surface area (Å²) in [7, 11) is 0. The van der Waals surface area contributed by atoms with Crippen molar-refractivity contribution in [1.29, 1.82) is 0 Å². The van der Waals surface area contributed by atoms with Gasteiger partial charge in [-0.3, -0.25) is 5.10 Å². The fourth-order valence-electron chi connectivity index (χ4n) is 1.60. The second kappa shape index (κ2) is 4.38. The third kappa shape index (κ3) is 1.95.